The van der Waals surface area contributed by atoms with E-state index in [4.69, 9.17) is 5.73 Å². The van der Waals surface area contributed by atoms with E-state index in [1.807, 2.05) is 0 Å². The number of hydrogen-bond donors (Lipinski definition) is 1. The van der Waals surface area contributed by atoms with Crippen LogP contribution in [-0.2, 0) is 6.18 Å². The van der Waals surface area contributed by atoms with Crippen molar-refractivity contribution in [1.82, 2.24) is 4.98 Å². The second-order valence-electron chi connectivity index (χ2n) is 4.44. The molecule has 0 spiro atoms. The van der Waals surface area contributed by atoms with Crippen LogP contribution in [0.5, 0.6) is 0 Å². The SMILES string of the molecule is Nc1cc(-c2nc3cc(C(F)(F)F)ccc3s2)ccc1F. The Kier molecular flexibility index (Phi) is 3.09. The van der Waals surface area contributed by atoms with Crippen LogP contribution in [-0.4, -0.2) is 4.98 Å². The first kappa shape index (κ1) is 13.8. The molecule has 0 aliphatic heterocycles. The van der Waals surface area contributed by atoms with Crippen LogP contribution in [0.25, 0.3) is 20.8 Å². The van der Waals surface area contributed by atoms with Crippen LogP contribution >= 0.6 is 11.3 Å². The summed E-state index contributed by atoms with van der Waals surface area (Å²) in [6.07, 6.45) is -4.40. The third-order valence-electron chi connectivity index (χ3n) is 2.96. The van der Waals surface area contributed by atoms with Crippen LogP contribution in [0.1, 0.15) is 5.56 Å². The van der Waals surface area contributed by atoms with Gasteiger partial charge >= 0.3 is 6.18 Å². The maximum atomic E-state index is 13.1. The first-order valence-electron chi connectivity index (χ1n) is 5.88. The van der Waals surface area contributed by atoms with E-state index in [0.717, 1.165) is 12.1 Å². The molecule has 0 fully saturated rings. The van der Waals surface area contributed by atoms with Gasteiger partial charge in [-0.15, -0.1) is 11.3 Å². The van der Waals surface area contributed by atoms with E-state index in [1.165, 1.54) is 35.6 Å². The van der Waals surface area contributed by atoms with Crippen molar-refractivity contribution < 1.29 is 17.6 Å². The summed E-state index contributed by atoms with van der Waals surface area (Å²) in [6, 6.07) is 7.52. The maximum absolute atomic E-state index is 13.1. The van der Waals surface area contributed by atoms with E-state index in [1.54, 1.807) is 0 Å². The number of anilines is 1. The summed E-state index contributed by atoms with van der Waals surface area (Å²) < 4.78 is 51.7. The molecule has 0 radical (unpaired) electrons. The highest BCUT2D eigenvalue weighted by atomic mass is 32.1. The molecular weight excluding hydrogens is 304 g/mol. The molecule has 0 bridgehead atoms. The predicted molar refractivity (Wildman–Crippen MR) is 74.4 cm³/mol. The number of nitrogens with two attached hydrogens (primary N) is 1. The zero-order valence-electron chi connectivity index (χ0n) is 10.4. The van der Waals surface area contributed by atoms with Gasteiger partial charge < -0.3 is 5.73 Å². The lowest BCUT2D eigenvalue weighted by Gasteiger charge is -2.04. The van der Waals surface area contributed by atoms with E-state index in [-0.39, 0.29) is 11.2 Å². The fraction of sp³-hybridized carbons (Fsp3) is 0.0714. The minimum Gasteiger partial charge on any atom is -0.396 e. The Morgan fingerprint density at radius 1 is 1.05 bits per heavy atom. The smallest absolute Gasteiger partial charge is 0.396 e. The normalized spacial score (nSPS) is 12.0. The number of halogens is 4. The van der Waals surface area contributed by atoms with Crippen LogP contribution in [0.3, 0.4) is 0 Å². The monoisotopic (exact) mass is 312 g/mol. The predicted octanol–water partition coefficient (Wildman–Crippen LogP) is 4.70. The standard InChI is InChI=1S/C14H8F4N2S/c15-9-3-1-7(5-10(9)19)13-20-11-6-8(14(16,17)18)2-4-12(11)21-13/h1-6H,19H2. The van der Waals surface area contributed by atoms with E-state index in [2.05, 4.69) is 4.98 Å². The Hall–Kier alpha value is -2.15. The van der Waals surface area contributed by atoms with Gasteiger partial charge in [0.15, 0.2) is 0 Å². The third kappa shape index (κ3) is 2.56. The largest absolute Gasteiger partial charge is 0.416 e. The van der Waals surface area contributed by atoms with Gasteiger partial charge in [0.2, 0.25) is 0 Å². The quantitative estimate of drug-likeness (QED) is 0.522. The number of benzene rings is 2. The van der Waals surface area contributed by atoms with Crippen molar-refractivity contribution in [3.63, 3.8) is 0 Å². The van der Waals surface area contributed by atoms with Crippen LogP contribution in [0.4, 0.5) is 23.2 Å². The van der Waals surface area contributed by atoms with Crippen LogP contribution < -0.4 is 5.73 Å². The number of fused-ring (bicyclic) bond motifs is 1. The van der Waals surface area contributed by atoms with E-state index in [9.17, 15) is 17.6 Å². The fourth-order valence-corrected chi connectivity index (χ4v) is 2.85. The van der Waals surface area contributed by atoms with E-state index in [0.29, 0.717) is 15.3 Å². The average molecular weight is 312 g/mol. The second kappa shape index (κ2) is 4.70. The molecule has 2 N–H and O–H groups in total. The first-order valence-corrected chi connectivity index (χ1v) is 6.69. The maximum Gasteiger partial charge on any atom is 0.416 e. The van der Waals surface area contributed by atoms with E-state index >= 15 is 0 Å². The Labute approximate surface area is 120 Å². The Balaban J connectivity index is 2.10. The molecule has 0 saturated heterocycles. The van der Waals surface area contributed by atoms with Crippen LogP contribution in [0, 0.1) is 5.82 Å². The molecule has 0 unspecified atom stereocenters. The van der Waals surface area contributed by atoms with Gasteiger partial charge in [0.1, 0.15) is 10.8 Å². The molecular formula is C14H8F4N2S. The molecule has 21 heavy (non-hydrogen) atoms. The Bertz CT molecular complexity index is 823. The number of alkyl halides is 3. The molecule has 0 saturated carbocycles. The molecule has 0 amide bonds. The Morgan fingerprint density at radius 2 is 1.81 bits per heavy atom. The highest BCUT2D eigenvalue weighted by molar-refractivity contribution is 7.21. The molecule has 1 heterocycles. The van der Waals surface area contributed by atoms with Crippen molar-refractivity contribution in [2.45, 2.75) is 6.18 Å². The zero-order chi connectivity index (χ0) is 15.2. The van der Waals surface area contributed by atoms with Gasteiger partial charge in [-0.1, -0.05) is 0 Å². The summed E-state index contributed by atoms with van der Waals surface area (Å²) >= 11 is 1.23. The van der Waals surface area contributed by atoms with Gasteiger partial charge in [0.25, 0.3) is 0 Å². The lowest BCUT2D eigenvalue weighted by atomic mass is 10.2. The summed E-state index contributed by atoms with van der Waals surface area (Å²) in [5.41, 5.74) is 5.55. The van der Waals surface area contributed by atoms with Gasteiger partial charge in [-0.3, -0.25) is 0 Å². The molecule has 2 aromatic carbocycles. The highest BCUT2D eigenvalue weighted by Crippen LogP contribution is 2.35. The number of nitrogens with zero attached hydrogens (tertiary/aromatic N) is 1. The second-order valence-corrected chi connectivity index (χ2v) is 5.47. The topological polar surface area (TPSA) is 38.9 Å². The van der Waals surface area contributed by atoms with Crippen molar-refractivity contribution >= 4 is 27.2 Å². The molecule has 108 valence electrons. The molecule has 7 heteroatoms. The minimum absolute atomic E-state index is 0.0252. The average Bonchev–Trinajstić information content (AvgIpc) is 2.83. The number of aromatic nitrogens is 1. The molecule has 1 aromatic heterocycles. The molecule has 0 aliphatic carbocycles. The Morgan fingerprint density at radius 3 is 2.48 bits per heavy atom. The van der Waals surface area contributed by atoms with Gasteiger partial charge in [0.05, 0.1) is 21.5 Å². The van der Waals surface area contributed by atoms with Gasteiger partial charge in [-0.2, -0.15) is 13.2 Å². The van der Waals surface area contributed by atoms with Crippen molar-refractivity contribution in [2.24, 2.45) is 0 Å². The van der Waals surface area contributed by atoms with Crippen molar-refractivity contribution in [2.75, 3.05) is 5.73 Å². The number of nitrogen functional groups attached to an aromatic ring is 1. The van der Waals surface area contributed by atoms with Gasteiger partial charge in [0, 0.05) is 5.56 Å². The summed E-state index contributed by atoms with van der Waals surface area (Å²) in [4.78, 5) is 4.17. The van der Waals surface area contributed by atoms with Crippen LogP contribution in [0.2, 0.25) is 0 Å². The molecule has 2 nitrogen and oxygen atoms in total. The molecule has 0 atom stereocenters. The number of hydrogen-bond acceptors (Lipinski definition) is 3. The summed E-state index contributed by atoms with van der Waals surface area (Å²) in [5, 5.41) is 0.496. The summed E-state index contributed by atoms with van der Waals surface area (Å²) in [6.45, 7) is 0. The number of rotatable bonds is 1. The summed E-state index contributed by atoms with van der Waals surface area (Å²) in [5.74, 6) is -0.542. The van der Waals surface area contributed by atoms with Crippen molar-refractivity contribution in [1.29, 1.82) is 0 Å². The molecule has 0 aliphatic rings. The first-order chi connectivity index (χ1) is 9.84. The summed E-state index contributed by atoms with van der Waals surface area (Å²) in [7, 11) is 0. The van der Waals surface area contributed by atoms with Gasteiger partial charge in [-0.25, -0.2) is 9.37 Å². The lowest BCUT2D eigenvalue weighted by molar-refractivity contribution is -0.137. The van der Waals surface area contributed by atoms with Crippen molar-refractivity contribution in [3.8, 4) is 10.6 Å². The zero-order valence-corrected chi connectivity index (χ0v) is 11.2. The third-order valence-corrected chi connectivity index (χ3v) is 4.04. The lowest BCUT2D eigenvalue weighted by Crippen LogP contribution is -2.03. The van der Waals surface area contributed by atoms with E-state index < -0.39 is 17.6 Å². The highest BCUT2D eigenvalue weighted by Gasteiger charge is 2.30. The van der Waals surface area contributed by atoms with Crippen LogP contribution in [0.15, 0.2) is 36.4 Å². The van der Waals surface area contributed by atoms with Gasteiger partial charge in [-0.05, 0) is 36.4 Å². The molecule has 3 rings (SSSR count). The number of thiazole rings is 1. The minimum atomic E-state index is -4.40. The fourth-order valence-electron chi connectivity index (χ4n) is 1.90. The van der Waals surface area contributed by atoms with Crippen molar-refractivity contribution in [3.05, 3.63) is 47.8 Å². The molecule has 3 aromatic rings.